The first-order valence-corrected chi connectivity index (χ1v) is 12.1. The molecule has 0 aliphatic carbocycles. The molecule has 2 heterocycles. The normalized spacial score (nSPS) is 17.2. The van der Waals surface area contributed by atoms with E-state index < -0.39 is 15.9 Å². The van der Waals surface area contributed by atoms with Crippen LogP contribution in [0.15, 0.2) is 73.1 Å². The van der Waals surface area contributed by atoms with Crippen molar-refractivity contribution in [3.63, 3.8) is 0 Å². The number of nitrogens with one attached hydrogen (secondary N) is 1. The molecule has 0 spiro atoms. The molecule has 1 aliphatic rings. The molecule has 2 aromatic carbocycles. The van der Waals surface area contributed by atoms with Gasteiger partial charge in [0.1, 0.15) is 6.04 Å². The van der Waals surface area contributed by atoms with Crippen LogP contribution in [0.25, 0.3) is 0 Å². The first kappa shape index (κ1) is 21.3. The van der Waals surface area contributed by atoms with Crippen LogP contribution in [-0.2, 0) is 27.7 Å². The molecule has 3 aromatic rings. The Balaban J connectivity index is 1.45. The van der Waals surface area contributed by atoms with Gasteiger partial charge in [0.05, 0.1) is 18.1 Å². The molecule has 7 nitrogen and oxygen atoms in total. The van der Waals surface area contributed by atoms with E-state index in [1.807, 2.05) is 70.4 Å². The van der Waals surface area contributed by atoms with Crippen LogP contribution in [0.2, 0.25) is 0 Å². The van der Waals surface area contributed by atoms with Crippen LogP contribution in [0.5, 0.6) is 0 Å². The van der Waals surface area contributed by atoms with E-state index in [2.05, 4.69) is 16.5 Å². The third-order valence-corrected chi connectivity index (χ3v) is 7.08. The molecule has 0 bridgehead atoms. The summed E-state index contributed by atoms with van der Waals surface area (Å²) in [5.74, 6) is 0.0426. The van der Waals surface area contributed by atoms with E-state index in [1.54, 1.807) is 6.20 Å². The molecule has 1 fully saturated rings. The van der Waals surface area contributed by atoms with Crippen molar-refractivity contribution in [1.82, 2.24) is 20.0 Å². The highest BCUT2D eigenvalue weighted by Gasteiger charge is 2.32. The van der Waals surface area contributed by atoms with Crippen LogP contribution < -0.4 is 5.32 Å². The second kappa shape index (κ2) is 9.45. The van der Waals surface area contributed by atoms with Gasteiger partial charge in [-0.1, -0.05) is 54.6 Å². The van der Waals surface area contributed by atoms with Crippen molar-refractivity contribution in [2.45, 2.75) is 19.1 Å². The number of hydrogen-bond donors (Lipinski definition) is 1. The lowest BCUT2D eigenvalue weighted by Gasteiger charge is -2.33. The van der Waals surface area contributed by atoms with Gasteiger partial charge in [-0.3, -0.25) is 14.4 Å². The van der Waals surface area contributed by atoms with Gasteiger partial charge >= 0.3 is 0 Å². The highest BCUT2D eigenvalue weighted by molar-refractivity contribution is 7.91. The average Bonchev–Trinajstić information content (AvgIpc) is 3.28. The van der Waals surface area contributed by atoms with Crippen molar-refractivity contribution in [3.8, 4) is 0 Å². The molecule has 162 valence electrons. The Morgan fingerprint density at radius 2 is 1.74 bits per heavy atom. The minimum Gasteiger partial charge on any atom is -0.350 e. The summed E-state index contributed by atoms with van der Waals surface area (Å²) in [6, 6.07) is 19.0. The maximum absolute atomic E-state index is 13.2. The smallest absolute Gasteiger partial charge is 0.242 e. The van der Waals surface area contributed by atoms with Gasteiger partial charge in [-0.25, -0.2) is 8.42 Å². The van der Waals surface area contributed by atoms with E-state index >= 15 is 0 Å². The maximum atomic E-state index is 13.2. The number of hydrogen-bond acceptors (Lipinski definition) is 5. The van der Waals surface area contributed by atoms with Crippen molar-refractivity contribution in [3.05, 3.63) is 89.7 Å². The lowest BCUT2D eigenvalue weighted by atomic mass is 10.0. The lowest BCUT2D eigenvalue weighted by molar-refractivity contribution is -0.126. The standard InChI is InChI=1S/C23H26N4O3S/c28-23(24-17-19-6-4-7-20(16-19)18-27-11-5-10-25-27)22(21-8-2-1-3-9-21)26-12-14-31(29,30)15-13-26/h1-11,16,22H,12-15,17-18H2,(H,24,28). The number of nitrogens with zero attached hydrogens (tertiary/aromatic N) is 3. The van der Waals surface area contributed by atoms with Crippen LogP contribution >= 0.6 is 0 Å². The summed E-state index contributed by atoms with van der Waals surface area (Å²) < 4.78 is 25.6. The number of benzene rings is 2. The van der Waals surface area contributed by atoms with Gasteiger partial charge in [0, 0.05) is 32.0 Å². The Labute approximate surface area is 182 Å². The molecule has 1 aliphatic heterocycles. The van der Waals surface area contributed by atoms with Crippen LogP contribution in [0.3, 0.4) is 0 Å². The predicted octanol–water partition coefficient (Wildman–Crippen LogP) is 2.02. The van der Waals surface area contributed by atoms with E-state index in [1.165, 1.54) is 0 Å². The zero-order chi connectivity index (χ0) is 21.7. The van der Waals surface area contributed by atoms with E-state index in [0.717, 1.165) is 16.7 Å². The van der Waals surface area contributed by atoms with Crippen molar-refractivity contribution in [2.24, 2.45) is 0 Å². The number of carbonyl (C=O) groups excluding carboxylic acids is 1. The van der Waals surface area contributed by atoms with Gasteiger partial charge in [-0.05, 0) is 22.8 Å². The third-order valence-electron chi connectivity index (χ3n) is 5.47. The van der Waals surface area contributed by atoms with Gasteiger partial charge in [0.15, 0.2) is 9.84 Å². The van der Waals surface area contributed by atoms with Crippen molar-refractivity contribution in [1.29, 1.82) is 0 Å². The minimum atomic E-state index is -3.02. The number of carbonyl (C=O) groups is 1. The largest absolute Gasteiger partial charge is 0.350 e. The number of rotatable bonds is 7. The predicted molar refractivity (Wildman–Crippen MR) is 119 cm³/mol. The van der Waals surface area contributed by atoms with Gasteiger partial charge < -0.3 is 5.32 Å². The van der Waals surface area contributed by atoms with Crippen LogP contribution in [-0.4, -0.2) is 53.6 Å². The molecule has 0 radical (unpaired) electrons. The van der Waals surface area contributed by atoms with Crippen molar-refractivity contribution in [2.75, 3.05) is 24.6 Å². The van der Waals surface area contributed by atoms with E-state index in [4.69, 9.17) is 0 Å². The fraction of sp³-hybridized carbons (Fsp3) is 0.304. The molecule has 1 N–H and O–H groups in total. The Kier molecular flexibility index (Phi) is 6.48. The fourth-order valence-electron chi connectivity index (χ4n) is 3.85. The van der Waals surface area contributed by atoms with E-state index in [-0.39, 0.29) is 17.4 Å². The minimum absolute atomic E-state index is 0.0824. The molecule has 0 saturated carbocycles. The van der Waals surface area contributed by atoms with Gasteiger partial charge in [-0.15, -0.1) is 0 Å². The molecular formula is C23H26N4O3S. The van der Waals surface area contributed by atoms with Gasteiger partial charge in [-0.2, -0.15) is 5.10 Å². The Morgan fingerprint density at radius 1 is 1.00 bits per heavy atom. The summed E-state index contributed by atoms with van der Waals surface area (Å²) in [4.78, 5) is 15.2. The van der Waals surface area contributed by atoms with Crippen LogP contribution in [0.4, 0.5) is 0 Å². The molecule has 1 amide bonds. The Hall–Kier alpha value is -2.97. The number of sulfone groups is 1. The second-order valence-corrected chi connectivity index (χ2v) is 10.0. The number of aromatic nitrogens is 2. The summed E-state index contributed by atoms with van der Waals surface area (Å²) in [7, 11) is -3.02. The van der Waals surface area contributed by atoms with Crippen LogP contribution in [0, 0.1) is 0 Å². The molecule has 1 saturated heterocycles. The molecule has 31 heavy (non-hydrogen) atoms. The molecule has 1 aromatic heterocycles. The summed E-state index contributed by atoms with van der Waals surface area (Å²) in [5.41, 5.74) is 2.98. The zero-order valence-corrected chi connectivity index (χ0v) is 18.0. The summed E-state index contributed by atoms with van der Waals surface area (Å²) in [6.45, 7) is 1.79. The second-order valence-electron chi connectivity index (χ2n) is 7.74. The Bertz CT molecular complexity index is 1100. The van der Waals surface area contributed by atoms with Crippen molar-refractivity contribution >= 4 is 15.7 Å². The van der Waals surface area contributed by atoms with Crippen LogP contribution in [0.1, 0.15) is 22.7 Å². The first-order chi connectivity index (χ1) is 15.0. The SMILES string of the molecule is O=C(NCc1cccc(Cn2cccn2)c1)C(c1ccccc1)N1CCS(=O)(=O)CC1. The summed E-state index contributed by atoms with van der Waals surface area (Å²) >= 11 is 0. The lowest BCUT2D eigenvalue weighted by Crippen LogP contribution is -2.47. The fourth-order valence-corrected chi connectivity index (χ4v) is 5.08. The summed E-state index contributed by atoms with van der Waals surface area (Å²) in [6.07, 6.45) is 3.66. The zero-order valence-electron chi connectivity index (χ0n) is 17.2. The number of amides is 1. The molecule has 8 heteroatoms. The quantitative estimate of drug-likeness (QED) is 0.610. The average molecular weight is 439 g/mol. The molecule has 1 atom stereocenters. The molecule has 4 rings (SSSR count). The molecule has 1 unspecified atom stereocenters. The highest BCUT2D eigenvalue weighted by atomic mass is 32.2. The van der Waals surface area contributed by atoms with Gasteiger partial charge in [0.25, 0.3) is 0 Å². The third kappa shape index (κ3) is 5.59. The van der Waals surface area contributed by atoms with E-state index in [9.17, 15) is 13.2 Å². The Morgan fingerprint density at radius 3 is 2.45 bits per heavy atom. The monoisotopic (exact) mass is 438 g/mol. The summed E-state index contributed by atoms with van der Waals surface area (Å²) in [5, 5.41) is 7.28. The highest BCUT2D eigenvalue weighted by Crippen LogP contribution is 2.23. The van der Waals surface area contributed by atoms with Crippen molar-refractivity contribution < 1.29 is 13.2 Å². The first-order valence-electron chi connectivity index (χ1n) is 10.3. The topological polar surface area (TPSA) is 84.3 Å². The van der Waals surface area contributed by atoms with Gasteiger partial charge in [0.2, 0.25) is 5.91 Å². The molecular weight excluding hydrogens is 412 g/mol. The maximum Gasteiger partial charge on any atom is 0.242 e. The van der Waals surface area contributed by atoms with E-state index in [0.29, 0.717) is 26.2 Å².